The number of carbonyl (C=O) groups excluding carboxylic acids is 2. The topological polar surface area (TPSA) is 131 Å². The van der Waals surface area contributed by atoms with Gasteiger partial charge in [-0.2, -0.15) is 0 Å². The lowest BCUT2D eigenvalue weighted by molar-refractivity contribution is -0.913. The number of likely N-dealkylation sites (tertiary alicyclic amines) is 1. The predicted octanol–water partition coefficient (Wildman–Crippen LogP) is 3.25. The highest BCUT2D eigenvalue weighted by molar-refractivity contribution is 5.93. The number of aliphatic carboxylic acids is 1. The van der Waals surface area contributed by atoms with Gasteiger partial charge in [0.05, 0.1) is 24.3 Å². The summed E-state index contributed by atoms with van der Waals surface area (Å²) in [5.74, 6) is -1.51. The largest absolute Gasteiger partial charge is 0.632 e. The molecule has 0 spiro atoms. The molecule has 1 aliphatic carbocycles. The number of epoxide rings is 1. The summed E-state index contributed by atoms with van der Waals surface area (Å²) in [7, 11) is 0. The Morgan fingerprint density at radius 3 is 2.36 bits per heavy atom. The molecule has 3 aliphatic rings. The molecule has 2 saturated heterocycles. The Morgan fingerprint density at radius 2 is 1.73 bits per heavy atom. The molecule has 1 aromatic carbocycles. The number of benzene rings is 1. The highest BCUT2D eigenvalue weighted by Crippen LogP contribution is 2.61. The van der Waals surface area contributed by atoms with Crippen LogP contribution in [0.4, 0.5) is 11.4 Å². The number of carbonyl (C=O) groups is 3. The molecule has 3 fully saturated rings. The molecule has 2 aliphatic heterocycles. The van der Waals surface area contributed by atoms with Crippen molar-refractivity contribution >= 4 is 29.2 Å². The Kier molecular flexibility index (Phi) is 6.24. The van der Waals surface area contributed by atoms with Crippen molar-refractivity contribution in [2.24, 2.45) is 5.41 Å². The first-order chi connectivity index (χ1) is 15.5. The van der Waals surface area contributed by atoms with Gasteiger partial charge in [0, 0.05) is 36.1 Å². The van der Waals surface area contributed by atoms with E-state index in [0.29, 0.717) is 17.9 Å². The maximum atomic E-state index is 13.8. The summed E-state index contributed by atoms with van der Waals surface area (Å²) < 4.78 is 5.50. The Morgan fingerprint density at radius 1 is 1.09 bits per heavy atom. The van der Waals surface area contributed by atoms with E-state index in [0.717, 1.165) is 25.7 Å². The second-order valence-corrected chi connectivity index (χ2v) is 10.2. The minimum absolute atomic E-state index is 0.0505. The van der Waals surface area contributed by atoms with Crippen LogP contribution in [0.3, 0.4) is 0 Å². The zero-order valence-electron chi connectivity index (χ0n) is 19.3. The fourth-order valence-electron chi connectivity index (χ4n) is 6.03. The molecular formula is C24H33N3O6. The van der Waals surface area contributed by atoms with E-state index in [-0.39, 0.29) is 60.8 Å². The Balaban J connectivity index is 1.31. The van der Waals surface area contributed by atoms with E-state index in [1.807, 2.05) is 0 Å². The van der Waals surface area contributed by atoms with Crippen molar-refractivity contribution in [2.75, 3.05) is 23.7 Å². The average Bonchev–Trinajstić information content (AvgIpc) is 3.42. The highest BCUT2D eigenvalue weighted by Gasteiger charge is 2.70. The number of nitrogens with one attached hydrogen (secondary N) is 2. The van der Waals surface area contributed by atoms with Crippen LogP contribution in [0.25, 0.3) is 0 Å². The van der Waals surface area contributed by atoms with Crippen LogP contribution < -0.4 is 10.6 Å². The number of ether oxygens (including phenoxy) is 1. The van der Waals surface area contributed by atoms with E-state index in [1.54, 1.807) is 24.3 Å². The number of amides is 2. The van der Waals surface area contributed by atoms with E-state index < -0.39 is 10.6 Å². The van der Waals surface area contributed by atoms with Gasteiger partial charge in [-0.3, -0.25) is 14.4 Å². The molecular weight excluding hydrogens is 426 g/mol. The van der Waals surface area contributed by atoms with Gasteiger partial charge in [-0.05, 0) is 56.9 Å². The van der Waals surface area contributed by atoms with Crippen molar-refractivity contribution in [2.45, 2.75) is 76.5 Å². The number of rotatable bonds is 8. The average molecular weight is 460 g/mol. The second kappa shape index (κ2) is 8.70. The molecule has 9 heteroatoms. The second-order valence-electron chi connectivity index (χ2n) is 10.2. The van der Waals surface area contributed by atoms with E-state index >= 15 is 0 Å². The van der Waals surface area contributed by atoms with E-state index in [2.05, 4.69) is 24.5 Å². The van der Waals surface area contributed by atoms with Crippen molar-refractivity contribution in [1.29, 1.82) is 0 Å². The van der Waals surface area contributed by atoms with Crippen LogP contribution in [0.2, 0.25) is 0 Å². The number of fused-ring (bicyclic) bond motifs is 3. The third-order valence-electron chi connectivity index (χ3n) is 7.64. The molecule has 4 rings (SSSR count). The highest BCUT2D eigenvalue weighted by atomic mass is 16.6. The first kappa shape index (κ1) is 23.7. The summed E-state index contributed by atoms with van der Waals surface area (Å²) in [6.45, 7) is 4.61. The zero-order valence-corrected chi connectivity index (χ0v) is 19.3. The number of hydrogen-bond donors (Lipinski definition) is 3. The van der Waals surface area contributed by atoms with E-state index in [1.165, 1.54) is 0 Å². The molecule has 3 N–H and O–H groups in total. The number of quaternary nitrogens is 1. The summed E-state index contributed by atoms with van der Waals surface area (Å²) in [6, 6.07) is 6.54. The molecule has 2 unspecified atom stereocenters. The third-order valence-corrected chi connectivity index (χ3v) is 7.64. The van der Waals surface area contributed by atoms with Crippen molar-refractivity contribution in [3.63, 3.8) is 0 Å². The predicted molar refractivity (Wildman–Crippen MR) is 122 cm³/mol. The lowest BCUT2D eigenvalue weighted by Gasteiger charge is -2.59. The first-order valence-electron chi connectivity index (χ1n) is 11.7. The lowest BCUT2D eigenvalue weighted by atomic mass is 9.63. The number of carboxylic acid groups (broad SMARTS) is 1. The standard InChI is InChI=1S/C24H33N3O6/c1-23-12-4-14-27(32,18(23)11-13-24(2)22(23)33-24)15-20(29)26-17-9-7-16(8-10-17)25-19(28)5-3-6-21(30)31/h7-10,18,22H,3-6,11-15H2,1-2H3,(H,25,28)(H,26,29)(H,30,31)/t18-,22?,23-,24+,27?/m0/s1. The number of nitrogens with zero attached hydrogens (tertiary/aromatic N) is 1. The quantitative estimate of drug-likeness (QED) is 0.311. The van der Waals surface area contributed by atoms with Crippen molar-refractivity contribution in [1.82, 2.24) is 0 Å². The van der Waals surface area contributed by atoms with Gasteiger partial charge in [0.25, 0.3) is 5.91 Å². The summed E-state index contributed by atoms with van der Waals surface area (Å²) >= 11 is 0. The van der Waals surface area contributed by atoms with Crippen molar-refractivity contribution < 1.29 is 28.9 Å². The van der Waals surface area contributed by atoms with Crippen LogP contribution in [0.5, 0.6) is 0 Å². The Labute approximate surface area is 193 Å². The van der Waals surface area contributed by atoms with E-state index in [4.69, 9.17) is 9.84 Å². The van der Waals surface area contributed by atoms with Crippen molar-refractivity contribution in [3.8, 4) is 0 Å². The molecule has 1 aromatic rings. The van der Waals surface area contributed by atoms with Crippen LogP contribution >= 0.6 is 0 Å². The smallest absolute Gasteiger partial charge is 0.303 e. The number of piperidine rings is 1. The van der Waals surface area contributed by atoms with Gasteiger partial charge in [0.1, 0.15) is 0 Å². The maximum Gasteiger partial charge on any atom is 0.303 e. The molecule has 2 heterocycles. The molecule has 33 heavy (non-hydrogen) atoms. The number of carboxylic acids is 1. The van der Waals surface area contributed by atoms with Gasteiger partial charge in [0.2, 0.25) is 5.91 Å². The zero-order chi connectivity index (χ0) is 23.9. The molecule has 9 nitrogen and oxygen atoms in total. The van der Waals surface area contributed by atoms with Gasteiger partial charge in [-0.15, -0.1) is 0 Å². The monoisotopic (exact) mass is 459 g/mol. The molecule has 1 saturated carbocycles. The van der Waals surface area contributed by atoms with Gasteiger partial charge >= 0.3 is 5.97 Å². The van der Waals surface area contributed by atoms with E-state index in [9.17, 15) is 19.6 Å². The SMILES string of the molecule is C[C@@]12CC[C@H]3[C@](C)(CCC[N+]3([O-])CC(=O)Nc3ccc(NC(=O)CCCC(=O)O)cc3)C1O2. The van der Waals surface area contributed by atoms with Crippen LogP contribution in [0, 0.1) is 10.6 Å². The molecule has 0 radical (unpaired) electrons. The molecule has 2 amide bonds. The minimum atomic E-state index is -0.929. The number of hydroxylamine groups is 3. The maximum absolute atomic E-state index is 13.8. The van der Waals surface area contributed by atoms with Crippen LogP contribution in [-0.4, -0.2) is 58.4 Å². The van der Waals surface area contributed by atoms with Gasteiger partial charge < -0.3 is 30.3 Å². The molecule has 5 atom stereocenters. The number of anilines is 2. The fourth-order valence-corrected chi connectivity index (χ4v) is 6.03. The third kappa shape index (κ3) is 4.90. The fraction of sp³-hybridized carbons (Fsp3) is 0.625. The van der Waals surface area contributed by atoms with Gasteiger partial charge in [-0.1, -0.05) is 6.92 Å². The lowest BCUT2D eigenvalue weighted by Crippen LogP contribution is -2.66. The minimum Gasteiger partial charge on any atom is -0.632 e. The summed E-state index contributed by atoms with van der Waals surface area (Å²) in [5, 5.41) is 28.0. The van der Waals surface area contributed by atoms with Gasteiger partial charge in [0.15, 0.2) is 6.54 Å². The Hall–Kier alpha value is -2.49. The normalized spacial score (nSPS) is 34.5. The number of hydrogen-bond acceptors (Lipinski definition) is 5. The molecule has 0 bridgehead atoms. The van der Waals surface area contributed by atoms with Crippen LogP contribution in [0.1, 0.15) is 58.8 Å². The first-order valence-corrected chi connectivity index (χ1v) is 11.7. The summed E-state index contributed by atoms with van der Waals surface area (Å²) in [4.78, 5) is 35.2. The van der Waals surface area contributed by atoms with Gasteiger partial charge in [-0.25, -0.2) is 0 Å². The van der Waals surface area contributed by atoms with Crippen LogP contribution in [0.15, 0.2) is 24.3 Å². The Bertz CT molecular complexity index is 937. The molecule has 0 aromatic heterocycles. The summed E-state index contributed by atoms with van der Waals surface area (Å²) in [6.07, 6.45) is 3.87. The summed E-state index contributed by atoms with van der Waals surface area (Å²) in [5.41, 5.74) is 0.833. The van der Waals surface area contributed by atoms with Crippen molar-refractivity contribution in [3.05, 3.63) is 29.5 Å². The molecule has 180 valence electrons. The van der Waals surface area contributed by atoms with Crippen LogP contribution in [-0.2, 0) is 19.1 Å².